The maximum atomic E-state index is 13.5. The van der Waals surface area contributed by atoms with Crippen LogP contribution < -0.4 is 20.1 Å². The van der Waals surface area contributed by atoms with Gasteiger partial charge < -0.3 is 15.4 Å². The average Bonchev–Trinajstić information content (AvgIpc) is 3.53. The monoisotopic (exact) mass is 617 g/mol. The quantitative estimate of drug-likeness (QED) is 0.243. The molecular weight excluding hydrogens is 579 g/mol. The molecule has 9 nitrogen and oxygen atoms in total. The van der Waals surface area contributed by atoms with E-state index in [4.69, 9.17) is 15.5 Å². The van der Waals surface area contributed by atoms with E-state index in [1.54, 1.807) is 24.4 Å². The summed E-state index contributed by atoms with van der Waals surface area (Å²) in [6.07, 6.45) is 1.32. The van der Waals surface area contributed by atoms with Crippen LogP contribution in [0.15, 0.2) is 47.6 Å². The van der Waals surface area contributed by atoms with Gasteiger partial charge in [0.1, 0.15) is 10.8 Å². The Balaban J connectivity index is 1.33. The third kappa shape index (κ3) is 7.09. The highest BCUT2D eigenvalue weighted by molar-refractivity contribution is 7.97. The molecule has 1 unspecified atom stereocenters. The Morgan fingerprint density at radius 3 is 2.65 bits per heavy atom. The lowest BCUT2D eigenvalue weighted by Gasteiger charge is -2.33. The van der Waals surface area contributed by atoms with E-state index in [-0.39, 0.29) is 49.2 Å². The number of carbonyl (C=O) groups excluding carboxylic acids is 1. The lowest BCUT2D eigenvalue weighted by molar-refractivity contribution is -0.190. The van der Waals surface area contributed by atoms with Crippen LogP contribution in [0, 0.1) is 5.41 Å². The van der Waals surface area contributed by atoms with Gasteiger partial charge in [-0.15, -0.1) is 5.10 Å². The molecule has 0 aromatic carbocycles. The molecule has 1 atom stereocenters. The van der Waals surface area contributed by atoms with Crippen LogP contribution in [-0.4, -0.2) is 56.6 Å². The number of aryl methyl sites for hydroxylation is 1. The van der Waals surface area contributed by atoms with Crippen LogP contribution in [0.25, 0.3) is 5.82 Å². The van der Waals surface area contributed by atoms with Gasteiger partial charge in [0.2, 0.25) is 5.88 Å². The Morgan fingerprint density at radius 2 is 1.98 bits per heavy atom. The number of nitrogens with zero attached hydrogens (tertiary/aromatic N) is 5. The van der Waals surface area contributed by atoms with Gasteiger partial charge in [-0.2, -0.15) is 13.2 Å². The number of rotatable bonds is 12. The summed E-state index contributed by atoms with van der Waals surface area (Å²) in [7, 11) is 0. The predicted octanol–water partition coefficient (Wildman–Crippen LogP) is 5.87. The Bertz CT molecular complexity index is 1440. The fourth-order valence-electron chi connectivity index (χ4n) is 5.47. The van der Waals surface area contributed by atoms with Gasteiger partial charge in [0.05, 0.1) is 17.6 Å². The first-order chi connectivity index (χ1) is 20.4. The number of unbranched alkanes of at least 4 members (excludes halogenated alkanes) is 1. The van der Waals surface area contributed by atoms with Gasteiger partial charge in [0.25, 0.3) is 5.91 Å². The second-order valence-corrected chi connectivity index (χ2v) is 12.8. The summed E-state index contributed by atoms with van der Waals surface area (Å²) in [5.74, 6) is 0.789. The summed E-state index contributed by atoms with van der Waals surface area (Å²) >= 11 is 1.16. The van der Waals surface area contributed by atoms with Crippen molar-refractivity contribution in [1.82, 2.24) is 24.5 Å². The molecule has 232 valence electrons. The number of amides is 1. The molecular formula is C30H38F3N7O2S. The van der Waals surface area contributed by atoms with Crippen molar-refractivity contribution >= 4 is 23.7 Å². The first kappa shape index (κ1) is 31.1. The number of anilines is 1. The van der Waals surface area contributed by atoms with E-state index in [9.17, 15) is 18.0 Å². The molecule has 4 heterocycles. The van der Waals surface area contributed by atoms with E-state index in [1.165, 1.54) is 4.68 Å². The minimum atomic E-state index is -4.22. The summed E-state index contributed by atoms with van der Waals surface area (Å²) in [5, 5.41) is 5.07. The maximum absolute atomic E-state index is 13.5. The van der Waals surface area contributed by atoms with Gasteiger partial charge in [-0.1, -0.05) is 19.4 Å². The van der Waals surface area contributed by atoms with E-state index in [2.05, 4.69) is 35.6 Å². The van der Waals surface area contributed by atoms with Crippen molar-refractivity contribution in [2.45, 2.75) is 88.5 Å². The van der Waals surface area contributed by atoms with Crippen LogP contribution in [-0.2, 0) is 6.42 Å². The predicted molar refractivity (Wildman–Crippen MR) is 159 cm³/mol. The number of alkyl halides is 3. The normalized spacial score (nSPS) is 19.0. The largest absolute Gasteiger partial charge is 0.477 e. The second-order valence-electron chi connectivity index (χ2n) is 12.0. The van der Waals surface area contributed by atoms with Crippen molar-refractivity contribution in [3.05, 3.63) is 53.9 Å². The first-order valence-electron chi connectivity index (χ1n) is 14.6. The molecule has 43 heavy (non-hydrogen) atoms. The zero-order valence-corrected chi connectivity index (χ0v) is 25.5. The molecule has 1 aliphatic heterocycles. The van der Waals surface area contributed by atoms with E-state index < -0.39 is 11.6 Å². The molecule has 1 saturated carbocycles. The third-order valence-corrected chi connectivity index (χ3v) is 8.89. The van der Waals surface area contributed by atoms with Gasteiger partial charge in [0, 0.05) is 48.0 Å². The highest BCUT2D eigenvalue weighted by Crippen LogP contribution is 2.59. The molecule has 1 saturated heterocycles. The zero-order chi connectivity index (χ0) is 30.8. The SMILES string of the molecule is CCCCc1cccc(SNC(=O)c2ccc(-n3ccc(OCCC4(C(F)(F)F)CC4)n3)nc2N2CC(N)CC2(C)C)n1. The Labute approximate surface area is 253 Å². The van der Waals surface area contributed by atoms with Crippen molar-refractivity contribution in [1.29, 1.82) is 0 Å². The number of aromatic nitrogens is 4. The topological polar surface area (TPSA) is 111 Å². The molecule has 3 aromatic heterocycles. The fraction of sp³-hybridized carbons (Fsp3) is 0.533. The molecule has 0 spiro atoms. The molecule has 1 amide bonds. The molecule has 0 bridgehead atoms. The number of hydrogen-bond donors (Lipinski definition) is 2. The molecule has 13 heteroatoms. The lowest BCUT2D eigenvalue weighted by Crippen LogP contribution is -2.40. The highest BCUT2D eigenvalue weighted by atomic mass is 32.2. The first-order valence-corrected chi connectivity index (χ1v) is 15.5. The minimum Gasteiger partial charge on any atom is -0.477 e. The van der Waals surface area contributed by atoms with Gasteiger partial charge in [-0.3, -0.25) is 9.52 Å². The van der Waals surface area contributed by atoms with Crippen molar-refractivity contribution in [2.24, 2.45) is 11.1 Å². The smallest absolute Gasteiger partial charge is 0.394 e. The van der Waals surface area contributed by atoms with Gasteiger partial charge in [-0.05, 0) is 76.6 Å². The van der Waals surface area contributed by atoms with E-state index in [0.29, 0.717) is 28.8 Å². The van der Waals surface area contributed by atoms with Gasteiger partial charge >= 0.3 is 6.18 Å². The molecule has 5 rings (SSSR count). The summed E-state index contributed by atoms with van der Waals surface area (Å²) in [4.78, 5) is 25.0. The standard InChI is InChI=1S/C30H38F3N7O2S/c1-4-5-7-21-8-6-9-25(35-21)43-38-27(41)22-10-11-23(36-26(22)39-19-20(34)18-28(39,2)3)40-16-12-24(37-40)42-17-15-29(13-14-29)30(31,32)33/h6,8-12,16,20H,4-5,7,13-15,17-19,34H2,1-3H3,(H,38,41). The number of pyridine rings is 2. The zero-order valence-electron chi connectivity index (χ0n) is 24.7. The molecule has 3 aromatic rings. The average molecular weight is 618 g/mol. The lowest BCUT2D eigenvalue weighted by atomic mass is 10.00. The number of ether oxygens (including phenoxy) is 1. The highest BCUT2D eigenvalue weighted by Gasteiger charge is 2.62. The Morgan fingerprint density at radius 1 is 1.19 bits per heavy atom. The number of carbonyl (C=O) groups is 1. The van der Waals surface area contributed by atoms with E-state index in [0.717, 1.165) is 43.3 Å². The number of halogens is 3. The summed E-state index contributed by atoms with van der Waals surface area (Å²) in [6, 6.07) is 10.6. The van der Waals surface area contributed by atoms with E-state index in [1.807, 2.05) is 23.1 Å². The van der Waals surface area contributed by atoms with Crippen LogP contribution in [0.4, 0.5) is 19.0 Å². The molecule has 2 aliphatic rings. The number of nitrogens with one attached hydrogen (secondary N) is 1. The van der Waals surface area contributed by atoms with E-state index >= 15 is 0 Å². The molecule has 2 fully saturated rings. The summed E-state index contributed by atoms with van der Waals surface area (Å²) in [5.41, 5.74) is 5.71. The van der Waals surface area contributed by atoms with Crippen molar-refractivity contribution in [2.75, 3.05) is 18.1 Å². The van der Waals surface area contributed by atoms with Crippen LogP contribution >= 0.6 is 11.9 Å². The van der Waals surface area contributed by atoms with Crippen LogP contribution in [0.2, 0.25) is 0 Å². The fourth-order valence-corrected chi connectivity index (χ4v) is 6.09. The molecule has 3 N–H and O–H groups in total. The minimum absolute atomic E-state index is 0.0811. The van der Waals surface area contributed by atoms with Gasteiger partial charge in [0.15, 0.2) is 5.82 Å². The van der Waals surface area contributed by atoms with Gasteiger partial charge in [-0.25, -0.2) is 14.6 Å². The third-order valence-electron chi connectivity index (χ3n) is 8.17. The molecule has 1 aliphatic carbocycles. The Kier molecular flexibility index (Phi) is 8.94. The Hall–Kier alpha value is -3.32. The van der Waals surface area contributed by atoms with Crippen molar-refractivity contribution in [3.63, 3.8) is 0 Å². The van der Waals surface area contributed by atoms with Crippen molar-refractivity contribution < 1.29 is 22.7 Å². The van der Waals surface area contributed by atoms with Crippen LogP contribution in [0.1, 0.15) is 75.3 Å². The second kappa shape index (κ2) is 12.4. The summed E-state index contributed by atoms with van der Waals surface area (Å²) in [6.45, 7) is 6.69. The van der Waals surface area contributed by atoms with Crippen LogP contribution in [0.5, 0.6) is 5.88 Å². The molecule has 0 radical (unpaired) electrons. The van der Waals surface area contributed by atoms with Crippen molar-refractivity contribution in [3.8, 4) is 11.7 Å². The number of hydrogen-bond acceptors (Lipinski definition) is 8. The summed E-state index contributed by atoms with van der Waals surface area (Å²) < 4.78 is 49.7. The maximum Gasteiger partial charge on any atom is 0.394 e. The number of nitrogens with two attached hydrogens (primary N) is 1. The van der Waals surface area contributed by atoms with Crippen LogP contribution in [0.3, 0.4) is 0 Å².